The number of hydrogen-bond donors (Lipinski definition) is 2. The number of aromatic hydroxyl groups is 1. The van der Waals surface area contributed by atoms with Gasteiger partial charge >= 0.3 is 0 Å². The molecule has 0 aromatic heterocycles. The van der Waals surface area contributed by atoms with E-state index in [9.17, 15) is 10.3 Å². The van der Waals surface area contributed by atoms with E-state index in [1.54, 1.807) is 19.1 Å². The number of nitrogens with zero attached hydrogens (tertiary/aromatic N) is 3. The summed E-state index contributed by atoms with van der Waals surface area (Å²) in [5, 5.41) is 30.7. The molecule has 2 aliphatic rings. The third-order valence-corrected chi connectivity index (χ3v) is 4.15. The molecule has 0 saturated carbocycles. The van der Waals surface area contributed by atoms with Gasteiger partial charge in [-0.2, -0.15) is 10.2 Å². The quantitative estimate of drug-likeness (QED) is 0.817. The number of allylic oxidation sites excluding steroid dienone is 2. The molecule has 0 saturated heterocycles. The number of azo groups is 1. The highest BCUT2D eigenvalue weighted by atomic mass is 35.5. The van der Waals surface area contributed by atoms with Crippen LogP contribution < -0.4 is 0 Å². The van der Waals surface area contributed by atoms with Crippen LogP contribution in [0.15, 0.2) is 39.8 Å². The Hall–Kier alpha value is -1.59. The largest absolute Gasteiger partial charge is 0.507 e. The van der Waals surface area contributed by atoms with Crippen molar-refractivity contribution in [3.63, 3.8) is 0 Å². The first-order valence-electron chi connectivity index (χ1n) is 6.65. The van der Waals surface area contributed by atoms with Crippen LogP contribution in [0.2, 0.25) is 5.02 Å². The lowest BCUT2D eigenvalue weighted by Gasteiger charge is -2.40. The van der Waals surface area contributed by atoms with Gasteiger partial charge in [-0.25, -0.2) is 5.06 Å². The van der Waals surface area contributed by atoms with Gasteiger partial charge < -0.3 is 5.11 Å². The second kappa shape index (κ2) is 4.75. The molecule has 1 atom stereocenters. The van der Waals surface area contributed by atoms with Crippen LogP contribution in [0.1, 0.15) is 38.2 Å². The number of phenols is 1. The smallest absolute Gasteiger partial charge is 0.202 e. The summed E-state index contributed by atoms with van der Waals surface area (Å²) >= 11 is 5.99. The van der Waals surface area contributed by atoms with Crippen molar-refractivity contribution >= 4 is 11.6 Å². The molecule has 0 amide bonds. The first kappa shape index (κ1) is 13.4. The van der Waals surface area contributed by atoms with Crippen molar-refractivity contribution in [2.24, 2.45) is 10.2 Å². The van der Waals surface area contributed by atoms with Gasteiger partial charge in [-0.1, -0.05) is 11.6 Å². The molecule has 3 rings (SSSR count). The van der Waals surface area contributed by atoms with Gasteiger partial charge in [0.1, 0.15) is 5.75 Å². The summed E-state index contributed by atoms with van der Waals surface area (Å²) in [6.07, 6.45) is 3.67. The average molecular weight is 294 g/mol. The molecular formula is C14H16ClN3O2. The minimum atomic E-state index is -1.15. The molecule has 20 heavy (non-hydrogen) atoms. The Bertz CT molecular complexity index is 614. The maximum Gasteiger partial charge on any atom is 0.202 e. The zero-order chi connectivity index (χ0) is 14.3. The van der Waals surface area contributed by atoms with Gasteiger partial charge in [0.25, 0.3) is 0 Å². The van der Waals surface area contributed by atoms with Crippen LogP contribution in [0, 0.1) is 0 Å². The SMILES string of the molecule is CC1(c2cc(Cl)ccc2O)N=NC2=C(CCCC2)N1O. The third kappa shape index (κ3) is 1.98. The van der Waals surface area contributed by atoms with E-state index in [1.807, 2.05) is 0 Å². The fourth-order valence-corrected chi connectivity index (χ4v) is 2.90. The van der Waals surface area contributed by atoms with E-state index in [2.05, 4.69) is 10.2 Å². The Balaban J connectivity index is 2.07. The van der Waals surface area contributed by atoms with Crippen molar-refractivity contribution in [2.45, 2.75) is 38.3 Å². The standard InChI is InChI=1S/C14H16ClN3O2/c1-14(10-8-9(15)6-7-13(10)19)17-16-11-4-2-3-5-12(11)18(14)20/h6-8,19-20H,2-5H2,1H3. The molecular weight excluding hydrogens is 278 g/mol. The lowest BCUT2D eigenvalue weighted by atomic mass is 9.95. The number of phenolic OH excluding ortho intramolecular Hbond substituents is 1. The fourth-order valence-electron chi connectivity index (χ4n) is 2.73. The highest BCUT2D eigenvalue weighted by molar-refractivity contribution is 6.30. The summed E-state index contributed by atoms with van der Waals surface area (Å²) in [6, 6.07) is 4.70. The Morgan fingerprint density at radius 3 is 2.85 bits per heavy atom. The van der Waals surface area contributed by atoms with E-state index in [0.29, 0.717) is 10.6 Å². The molecule has 0 bridgehead atoms. The molecule has 6 heteroatoms. The molecule has 106 valence electrons. The van der Waals surface area contributed by atoms with Gasteiger partial charge in [0.05, 0.1) is 11.4 Å². The lowest BCUT2D eigenvalue weighted by Crippen LogP contribution is -2.42. The highest BCUT2D eigenvalue weighted by Crippen LogP contribution is 2.44. The predicted molar refractivity (Wildman–Crippen MR) is 74.4 cm³/mol. The lowest BCUT2D eigenvalue weighted by molar-refractivity contribution is -0.150. The van der Waals surface area contributed by atoms with Crippen LogP contribution in [0.3, 0.4) is 0 Å². The van der Waals surface area contributed by atoms with Crippen LogP contribution in [-0.4, -0.2) is 15.4 Å². The molecule has 1 aromatic carbocycles. The van der Waals surface area contributed by atoms with Gasteiger partial charge in [-0.05, 0) is 50.8 Å². The Morgan fingerprint density at radius 1 is 1.30 bits per heavy atom. The summed E-state index contributed by atoms with van der Waals surface area (Å²) in [6.45, 7) is 1.71. The zero-order valence-electron chi connectivity index (χ0n) is 11.2. The van der Waals surface area contributed by atoms with Crippen molar-refractivity contribution in [1.82, 2.24) is 5.06 Å². The number of hydrogen-bond acceptors (Lipinski definition) is 5. The molecule has 1 aliphatic carbocycles. The van der Waals surface area contributed by atoms with Crippen LogP contribution >= 0.6 is 11.6 Å². The van der Waals surface area contributed by atoms with Gasteiger partial charge in [0.15, 0.2) is 0 Å². The normalized spacial score (nSPS) is 25.9. The van der Waals surface area contributed by atoms with Crippen LogP contribution in [0.5, 0.6) is 5.75 Å². The minimum absolute atomic E-state index is 0.0368. The molecule has 1 aliphatic heterocycles. The van der Waals surface area contributed by atoms with E-state index in [1.165, 1.54) is 6.07 Å². The average Bonchev–Trinajstić information content (AvgIpc) is 2.46. The molecule has 1 unspecified atom stereocenters. The molecule has 5 nitrogen and oxygen atoms in total. The molecule has 0 spiro atoms. The van der Waals surface area contributed by atoms with E-state index in [-0.39, 0.29) is 5.75 Å². The van der Waals surface area contributed by atoms with Crippen LogP contribution in [0.25, 0.3) is 0 Å². The summed E-state index contributed by atoms with van der Waals surface area (Å²) in [5.74, 6) is 0.0368. The molecule has 1 heterocycles. The minimum Gasteiger partial charge on any atom is -0.507 e. The second-order valence-electron chi connectivity index (χ2n) is 5.29. The van der Waals surface area contributed by atoms with Gasteiger partial charge in [-0.15, -0.1) is 0 Å². The van der Waals surface area contributed by atoms with Gasteiger partial charge in [0.2, 0.25) is 5.66 Å². The Kier molecular flexibility index (Phi) is 3.18. The maximum atomic E-state index is 10.6. The van der Waals surface area contributed by atoms with Crippen LogP contribution in [-0.2, 0) is 5.66 Å². The third-order valence-electron chi connectivity index (χ3n) is 3.91. The van der Waals surface area contributed by atoms with E-state index in [4.69, 9.17) is 11.6 Å². The van der Waals surface area contributed by atoms with E-state index in [0.717, 1.165) is 42.1 Å². The number of rotatable bonds is 1. The first-order valence-corrected chi connectivity index (χ1v) is 7.03. The van der Waals surface area contributed by atoms with E-state index >= 15 is 0 Å². The summed E-state index contributed by atoms with van der Waals surface area (Å²) < 4.78 is 0. The molecule has 2 N–H and O–H groups in total. The molecule has 0 fully saturated rings. The Labute approximate surface area is 122 Å². The number of hydroxylamine groups is 2. The summed E-state index contributed by atoms with van der Waals surface area (Å²) in [5.41, 5.74) is 0.907. The molecule has 1 aromatic rings. The summed E-state index contributed by atoms with van der Waals surface area (Å²) in [4.78, 5) is 0. The van der Waals surface area contributed by atoms with Crippen molar-refractivity contribution in [1.29, 1.82) is 0 Å². The van der Waals surface area contributed by atoms with Crippen molar-refractivity contribution in [3.05, 3.63) is 40.2 Å². The number of halogens is 1. The monoisotopic (exact) mass is 293 g/mol. The predicted octanol–water partition coefficient (Wildman–Crippen LogP) is 4.16. The maximum absolute atomic E-state index is 10.6. The zero-order valence-corrected chi connectivity index (χ0v) is 11.9. The van der Waals surface area contributed by atoms with Gasteiger partial charge in [0, 0.05) is 10.6 Å². The van der Waals surface area contributed by atoms with Crippen LogP contribution in [0.4, 0.5) is 0 Å². The topological polar surface area (TPSA) is 68.4 Å². The Morgan fingerprint density at radius 2 is 2.05 bits per heavy atom. The first-order chi connectivity index (χ1) is 9.52. The van der Waals surface area contributed by atoms with Gasteiger partial charge in [-0.3, -0.25) is 5.21 Å². The van der Waals surface area contributed by atoms with Crippen molar-refractivity contribution < 1.29 is 10.3 Å². The van der Waals surface area contributed by atoms with E-state index < -0.39 is 5.66 Å². The highest BCUT2D eigenvalue weighted by Gasteiger charge is 2.41. The second-order valence-corrected chi connectivity index (χ2v) is 5.73. The fraction of sp³-hybridized carbons (Fsp3) is 0.429. The molecule has 0 radical (unpaired) electrons. The summed E-state index contributed by atoms with van der Waals surface area (Å²) in [7, 11) is 0. The number of benzene rings is 1. The van der Waals surface area contributed by atoms with Crippen molar-refractivity contribution in [2.75, 3.05) is 0 Å². The van der Waals surface area contributed by atoms with Crippen molar-refractivity contribution in [3.8, 4) is 5.75 Å².